The Hall–Kier alpha value is -3.27. The summed E-state index contributed by atoms with van der Waals surface area (Å²) in [6.45, 7) is 0.467. The van der Waals surface area contributed by atoms with Crippen molar-refractivity contribution in [2.75, 3.05) is 0 Å². The van der Waals surface area contributed by atoms with Crippen LogP contribution in [0.3, 0.4) is 0 Å². The van der Waals surface area contributed by atoms with Crippen LogP contribution in [0.15, 0.2) is 79.1 Å². The molecule has 0 fully saturated rings. The highest BCUT2D eigenvalue weighted by atomic mass is 16.5. The van der Waals surface area contributed by atoms with E-state index >= 15 is 0 Å². The Morgan fingerprint density at radius 1 is 0.760 bits per heavy atom. The van der Waals surface area contributed by atoms with Crippen molar-refractivity contribution in [2.45, 2.75) is 13.0 Å². The molecule has 3 aromatic rings. The summed E-state index contributed by atoms with van der Waals surface area (Å²) >= 11 is 0. The maximum absolute atomic E-state index is 12.2. The highest BCUT2D eigenvalue weighted by Crippen LogP contribution is 2.16. The van der Waals surface area contributed by atoms with Gasteiger partial charge < -0.3 is 4.74 Å². The minimum atomic E-state index is -0.212. The minimum absolute atomic E-state index is 0.158. The Kier molecular flexibility index (Phi) is 5.32. The fraction of sp³-hybridized carbons (Fsp3) is 0.0952. The van der Waals surface area contributed by atoms with E-state index in [9.17, 15) is 9.59 Å². The van der Waals surface area contributed by atoms with Crippen molar-refractivity contribution in [1.29, 1.82) is 0 Å². The number of ketones is 2. The number of pyridine rings is 1. The molecule has 1 aromatic heterocycles. The predicted octanol–water partition coefficient (Wildman–Crippen LogP) is 4.12. The second-order valence-corrected chi connectivity index (χ2v) is 5.56. The van der Waals surface area contributed by atoms with Crippen LogP contribution in [0.2, 0.25) is 0 Å². The number of hydrogen-bond donors (Lipinski definition) is 0. The molecule has 1 heterocycles. The molecule has 4 nitrogen and oxygen atoms in total. The van der Waals surface area contributed by atoms with Crippen molar-refractivity contribution in [3.05, 3.63) is 95.8 Å². The summed E-state index contributed by atoms with van der Waals surface area (Å²) in [6.07, 6.45) is 2.92. The van der Waals surface area contributed by atoms with Crippen LogP contribution in [-0.2, 0) is 6.61 Å². The Bertz CT molecular complexity index is 843. The van der Waals surface area contributed by atoms with Gasteiger partial charge in [-0.1, -0.05) is 30.3 Å². The number of carbonyl (C=O) groups is 2. The van der Waals surface area contributed by atoms with E-state index in [1.807, 2.05) is 30.3 Å². The van der Waals surface area contributed by atoms with E-state index in [1.54, 1.807) is 36.4 Å². The predicted molar refractivity (Wildman–Crippen MR) is 94.7 cm³/mol. The molecule has 124 valence electrons. The molecule has 0 saturated carbocycles. The van der Waals surface area contributed by atoms with E-state index in [1.165, 1.54) is 12.4 Å². The van der Waals surface area contributed by atoms with Gasteiger partial charge >= 0.3 is 0 Å². The lowest BCUT2D eigenvalue weighted by Crippen LogP contribution is -2.08. The van der Waals surface area contributed by atoms with Crippen LogP contribution in [0.4, 0.5) is 0 Å². The number of benzene rings is 2. The van der Waals surface area contributed by atoms with E-state index in [2.05, 4.69) is 4.98 Å². The molecule has 0 aliphatic rings. The summed E-state index contributed by atoms with van der Waals surface area (Å²) < 4.78 is 5.69. The van der Waals surface area contributed by atoms with Gasteiger partial charge in [-0.15, -0.1) is 0 Å². The SMILES string of the molecule is O=C(CC(=O)c1ccc(OCc2ccccc2)cc1)c1ccncc1. The minimum Gasteiger partial charge on any atom is -0.489 e. The number of nitrogens with zero attached hydrogens (tertiary/aromatic N) is 1. The van der Waals surface area contributed by atoms with E-state index in [0.29, 0.717) is 23.5 Å². The summed E-state index contributed by atoms with van der Waals surface area (Å²) in [4.78, 5) is 28.2. The van der Waals surface area contributed by atoms with Gasteiger partial charge in [-0.2, -0.15) is 0 Å². The molecule has 0 bridgehead atoms. The highest BCUT2D eigenvalue weighted by molar-refractivity contribution is 6.13. The quantitative estimate of drug-likeness (QED) is 0.483. The smallest absolute Gasteiger partial charge is 0.170 e. The number of hydrogen-bond acceptors (Lipinski definition) is 4. The van der Waals surface area contributed by atoms with Gasteiger partial charge in [-0.3, -0.25) is 14.6 Å². The van der Waals surface area contributed by atoms with E-state index < -0.39 is 0 Å². The van der Waals surface area contributed by atoms with Gasteiger partial charge in [0.15, 0.2) is 11.6 Å². The zero-order valence-corrected chi connectivity index (χ0v) is 13.6. The van der Waals surface area contributed by atoms with Crippen LogP contribution in [0.1, 0.15) is 32.7 Å². The van der Waals surface area contributed by atoms with Crippen LogP contribution in [0.5, 0.6) is 5.75 Å². The van der Waals surface area contributed by atoms with Gasteiger partial charge in [-0.25, -0.2) is 0 Å². The summed E-state index contributed by atoms with van der Waals surface area (Å²) in [5, 5.41) is 0. The Balaban J connectivity index is 1.58. The lowest BCUT2D eigenvalue weighted by Gasteiger charge is -2.07. The lowest BCUT2D eigenvalue weighted by molar-refractivity contribution is 0.0894. The van der Waals surface area contributed by atoms with E-state index in [-0.39, 0.29) is 18.0 Å². The lowest BCUT2D eigenvalue weighted by atomic mass is 10.0. The first-order valence-electron chi connectivity index (χ1n) is 7.95. The molecule has 0 saturated heterocycles. The highest BCUT2D eigenvalue weighted by Gasteiger charge is 2.13. The van der Waals surface area contributed by atoms with Crippen molar-refractivity contribution in [3.8, 4) is 5.75 Å². The molecule has 0 spiro atoms. The van der Waals surface area contributed by atoms with Crippen LogP contribution in [0.25, 0.3) is 0 Å². The van der Waals surface area contributed by atoms with E-state index in [0.717, 1.165) is 5.56 Å². The average Bonchev–Trinajstić information content (AvgIpc) is 2.68. The molecule has 0 amide bonds. The Morgan fingerprint density at radius 2 is 1.36 bits per heavy atom. The molecule has 0 aliphatic carbocycles. The molecule has 25 heavy (non-hydrogen) atoms. The molecule has 0 radical (unpaired) electrons. The van der Waals surface area contributed by atoms with Crippen molar-refractivity contribution < 1.29 is 14.3 Å². The maximum atomic E-state index is 12.2. The van der Waals surface area contributed by atoms with E-state index in [4.69, 9.17) is 4.74 Å². The first kappa shape index (κ1) is 16.6. The Morgan fingerprint density at radius 3 is 2.00 bits per heavy atom. The molecular weight excluding hydrogens is 314 g/mol. The van der Waals surface area contributed by atoms with Crippen molar-refractivity contribution in [3.63, 3.8) is 0 Å². The largest absolute Gasteiger partial charge is 0.489 e. The maximum Gasteiger partial charge on any atom is 0.170 e. The fourth-order valence-electron chi connectivity index (χ4n) is 2.37. The molecule has 0 aliphatic heterocycles. The van der Waals surface area contributed by atoms with Crippen molar-refractivity contribution in [2.24, 2.45) is 0 Å². The summed E-state index contributed by atoms with van der Waals surface area (Å²) in [6, 6.07) is 19.9. The van der Waals surface area contributed by atoms with Crippen molar-refractivity contribution in [1.82, 2.24) is 4.98 Å². The number of aromatic nitrogens is 1. The molecule has 4 heteroatoms. The van der Waals surface area contributed by atoms with Crippen LogP contribution >= 0.6 is 0 Å². The van der Waals surface area contributed by atoms with Gasteiger partial charge in [0, 0.05) is 23.5 Å². The van der Waals surface area contributed by atoms with Crippen LogP contribution in [0, 0.1) is 0 Å². The zero-order valence-electron chi connectivity index (χ0n) is 13.6. The summed E-state index contributed by atoms with van der Waals surface area (Å²) in [5.74, 6) is 0.258. The molecule has 2 aromatic carbocycles. The Labute approximate surface area is 146 Å². The topological polar surface area (TPSA) is 56.3 Å². The summed E-state index contributed by atoms with van der Waals surface area (Å²) in [5.41, 5.74) is 2.06. The third kappa shape index (κ3) is 4.61. The van der Waals surface area contributed by atoms with Crippen LogP contribution in [-0.4, -0.2) is 16.6 Å². The molecule has 0 N–H and O–H groups in total. The first-order valence-corrected chi connectivity index (χ1v) is 7.95. The second-order valence-electron chi connectivity index (χ2n) is 5.56. The molecule has 3 rings (SSSR count). The second kappa shape index (κ2) is 8.02. The fourth-order valence-corrected chi connectivity index (χ4v) is 2.37. The third-order valence-electron chi connectivity index (χ3n) is 3.75. The summed E-state index contributed by atoms with van der Waals surface area (Å²) in [7, 11) is 0. The van der Waals surface area contributed by atoms with Gasteiger partial charge in [-0.05, 0) is 42.0 Å². The molecular formula is C21H17NO3. The number of carbonyl (C=O) groups excluding carboxylic acids is 2. The van der Waals surface area contributed by atoms with Crippen molar-refractivity contribution >= 4 is 11.6 Å². The molecule has 0 unspecified atom stereocenters. The van der Waals surface area contributed by atoms with Gasteiger partial charge in [0.1, 0.15) is 12.4 Å². The number of ether oxygens (including phenoxy) is 1. The standard InChI is InChI=1S/C21H17NO3/c23-20(14-21(24)18-10-12-22-13-11-18)17-6-8-19(9-7-17)25-15-16-4-2-1-3-5-16/h1-13H,14-15H2. The monoisotopic (exact) mass is 331 g/mol. The molecule has 0 atom stereocenters. The normalized spacial score (nSPS) is 10.2. The zero-order chi connectivity index (χ0) is 17.5. The number of Topliss-reactive ketones (excluding diaryl/α,β-unsaturated/α-hetero) is 2. The third-order valence-corrected chi connectivity index (χ3v) is 3.75. The first-order chi connectivity index (χ1) is 12.2. The van der Waals surface area contributed by atoms with Gasteiger partial charge in [0.2, 0.25) is 0 Å². The van der Waals surface area contributed by atoms with Gasteiger partial charge in [0.25, 0.3) is 0 Å². The average molecular weight is 331 g/mol. The van der Waals surface area contributed by atoms with Gasteiger partial charge in [0.05, 0.1) is 6.42 Å². The number of rotatable bonds is 7. The van der Waals surface area contributed by atoms with Crippen LogP contribution < -0.4 is 4.74 Å².